The Morgan fingerprint density at radius 3 is 2.80 bits per heavy atom. The highest BCUT2D eigenvalue weighted by Crippen LogP contribution is 2.15. The molecule has 1 aliphatic heterocycles. The molecule has 0 bridgehead atoms. The van der Waals surface area contributed by atoms with Crippen LogP contribution in [0.25, 0.3) is 0 Å². The SMILES string of the molecule is C=C/C(=C\C(=C)Oc1ccccc1)CN1CCOC(C(=O)NCc2ccccn2)C1. The van der Waals surface area contributed by atoms with Crippen molar-refractivity contribution in [2.45, 2.75) is 12.6 Å². The third-order valence-electron chi connectivity index (χ3n) is 4.62. The smallest absolute Gasteiger partial charge is 0.250 e. The lowest BCUT2D eigenvalue weighted by Gasteiger charge is -2.32. The van der Waals surface area contributed by atoms with Gasteiger partial charge in [0.2, 0.25) is 0 Å². The minimum absolute atomic E-state index is 0.133. The Kier molecular flexibility index (Phi) is 7.94. The Morgan fingerprint density at radius 2 is 2.07 bits per heavy atom. The molecule has 6 nitrogen and oxygen atoms in total. The van der Waals surface area contributed by atoms with Crippen molar-refractivity contribution in [3.8, 4) is 5.75 Å². The standard InChI is InChI=1S/C24H27N3O3/c1-3-20(15-19(2)30-22-10-5-4-6-11-22)17-27-13-14-29-23(18-27)24(28)26-16-21-9-7-8-12-25-21/h3-12,15,23H,1-2,13-14,16-18H2,(H,26,28)/b20-15+. The first-order valence-corrected chi connectivity index (χ1v) is 9.90. The molecule has 1 aromatic heterocycles. The van der Waals surface area contributed by atoms with Crippen LogP contribution < -0.4 is 10.1 Å². The molecule has 0 radical (unpaired) electrons. The molecular weight excluding hydrogens is 378 g/mol. The van der Waals surface area contributed by atoms with Gasteiger partial charge in [-0.15, -0.1) is 0 Å². The number of hydrogen-bond acceptors (Lipinski definition) is 5. The number of pyridine rings is 1. The summed E-state index contributed by atoms with van der Waals surface area (Å²) in [6.07, 6.45) is 4.84. The van der Waals surface area contributed by atoms with Gasteiger partial charge in [0.25, 0.3) is 5.91 Å². The van der Waals surface area contributed by atoms with E-state index >= 15 is 0 Å². The summed E-state index contributed by atoms with van der Waals surface area (Å²) in [6.45, 7) is 10.6. The van der Waals surface area contributed by atoms with Gasteiger partial charge in [-0.3, -0.25) is 14.7 Å². The van der Waals surface area contributed by atoms with Gasteiger partial charge < -0.3 is 14.8 Å². The Hall–Kier alpha value is -3.22. The number of hydrogen-bond donors (Lipinski definition) is 1. The van der Waals surface area contributed by atoms with Crippen LogP contribution in [0.3, 0.4) is 0 Å². The number of allylic oxidation sites excluding steroid dienone is 1. The molecule has 30 heavy (non-hydrogen) atoms. The topological polar surface area (TPSA) is 63.7 Å². The van der Waals surface area contributed by atoms with Crippen LogP contribution in [0.4, 0.5) is 0 Å². The normalized spacial score (nSPS) is 17.2. The predicted molar refractivity (Wildman–Crippen MR) is 117 cm³/mol. The van der Waals surface area contributed by atoms with Crippen LogP contribution in [0.5, 0.6) is 5.75 Å². The third-order valence-corrected chi connectivity index (χ3v) is 4.62. The average molecular weight is 405 g/mol. The van der Waals surface area contributed by atoms with Gasteiger partial charge in [-0.25, -0.2) is 0 Å². The molecule has 0 aliphatic carbocycles. The van der Waals surface area contributed by atoms with Gasteiger partial charge in [0.05, 0.1) is 18.8 Å². The first-order chi connectivity index (χ1) is 14.6. The van der Waals surface area contributed by atoms with Gasteiger partial charge in [0.15, 0.2) is 0 Å². The van der Waals surface area contributed by atoms with E-state index < -0.39 is 6.10 Å². The molecule has 2 aromatic rings. The summed E-state index contributed by atoms with van der Waals surface area (Å²) in [7, 11) is 0. The molecule has 1 fully saturated rings. The summed E-state index contributed by atoms with van der Waals surface area (Å²) in [6, 6.07) is 15.1. The molecule has 6 heteroatoms. The molecule has 1 amide bonds. The lowest BCUT2D eigenvalue weighted by molar-refractivity contribution is -0.138. The van der Waals surface area contributed by atoms with E-state index in [-0.39, 0.29) is 5.91 Å². The van der Waals surface area contributed by atoms with Gasteiger partial charge in [-0.1, -0.05) is 43.5 Å². The van der Waals surface area contributed by atoms with Gasteiger partial charge in [-0.2, -0.15) is 0 Å². The third kappa shape index (κ3) is 6.69. The Balaban J connectivity index is 1.51. The lowest BCUT2D eigenvalue weighted by atomic mass is 10.1. The summed E-state index contributed by atoms with van der Waals surface area (Å²) in [5.74, 6) is 1.14. The fraction of sp³-hybridized carbons (Fsp3) is 0.250. The Labute approximate surface area is 177 Å². The van der Waals surface area contributed by atoms with Crippen molar-refractivity contribution in [2.75, 3.05) is 26.2 Å². The van der Waals surface area contributed by atoms with E-state index in [9.17, 15) is 4.79 Å². The minimum atomic E-state index is -0.516. The van der Waals surface area contributed by atoms with Crippen molar-refractivity contribution in [1.82, 2.24) is 15.2 Å². The number of carbonyl (C=O) groups excluding carboxylic acids is 1. The molecule has 1 aliphatic rings. The number of aromatic nitrogens is 1. The highest BCUT2D eigenvalue weighted by molar-refractivity contribution is 5.81. The average Bonchev–Trinajstić information content (AvgIpc) is 2.78. The fourth-order valence-corrected chi connectivity index (χ4v) is 3.10. The molecule has 0 saturated carbocycles. The first-order valence-electron chi connectivity index (χ1n) is 9.90. The van der Waals surface area contributed by atoms with E-state index in [2.05, 4.69) is 28.4 Å². The van der Waals surface area contributed by atoms with E-state index in [4.69, 9.17) is 9.47 Å². The molecule has 156 valence electrons. The van der Waals surface area contributed by atoms with E-state index in [1.165, 1.54) is 0 Å². The van der Waals surface area contributed by atoms with Gasteiger partial charge in [-0.05, 0) is 35.9 Å². The number of nitrogens with zero attached hydrogens (tertiary/aromatic N) is 2. The number of nitrogens with one attached hydrogen (secondary N) is 1. The summed E-state index contributed by atoms with van der Waals surface area (Å²) in [5.41, 5.74) is 1.78. The first kappa shape index (κ1) is 21.5. The largest absolute Gasteiger partial charge is 0.458 e. The summed E-state index contributed by atoms with van der Waals surface area (Å²) in [4.78, 5) is 18.9. The number of ether oxygens (including phenoxy) is 2. The molecule has 1 N–H and O–H groups in total. The van der Waals surface area contributed by atoms with E-state index in [1.54, 1.807) is 12.3 Å². The van der Waals surface area contributed by atoms with Crippen LogP contribution in [0.2, 0.25) is 0 Å². The van der Waals surface area contributed by atoms with E-state index in [0.29, 0.717) is 32.0 Å². The van der Waals surface area contributed by atoms with Crippen LogP contribution in [0, 0.1) is 0 Å². The molecule has 3 rings (SSSR count). The second-order valence-corrected chi connectivity index (χ2v) is 6.94. The number of morpholine rings is 1. The minimum Gasteiger partial charge on any atom is -0.458 e. The Bertz CT molecular complexity index is 881. The molecule has 1 aromatic carbocycles. The zero-order valence-corrected chi connectivity index (χ0v) is 17.0. The highest BCUT2D eigenvalue weighted by atomic mass is 16.5. The number of amides is 1. The monoisotopic (exact) mass is 405 g/mol. The molecular formula is C24H27N3O3. The summed E-state index contributed by atoms with van der Waals surface area (Å²) in [5, 5.41) is 2.89. The number of carbonyl (C=O) groups is 1. The number of para-hydroxylation sites is 1. The highest BCUT2D eigenvalue weighted by Gasteiger charge is 2.26. The Morgan fingerprint density at radius 1 is 1.27 bits per heavy atom. The van der Waals surface area contributed by atoms with E-state index in [1.807, 2.05) is 54.6 Å². The maximum Gasteiger partial charge on any atom is 0.250 e. The van der Waals surface area contributed by atoms with Crippen molar-refractivity contribution < 1.29 is 14.3 Å². The number of rotatable bonds is 9. The van der Waals surface area contributed by atoms with Crippen molar-refractivity contribution in [2.24, 2.45) is 0 Å². The van der Waals surface area contributed by atoms with Crippen LogP contribution in [-0.2, 0) is 16.1 Å². The second-order valence-electron chi connectivity index (χ2n) is 6.94. The molecule has 1 saturated heterocycles. The van der Waals surface area contributed by atoms with Crippen molar-refractivity contribution in [3.63, 3.8) is 0 Å². The molecule has 1 unspecified atom stereocenters. The van der Waals surface area contributed by atoms with Gasteiger partial charge in [0.1, 0.15) is 17.6 Å². The molecule has 0 spiro atoms. The van der Waals surface area contributed by atoms with Crippen LogP contribution >= 0.6 is 0 Å². The van der Waals surface area contributed by atoms with Crippen molar-refractivity contribution in [1.29, 1.82) is 0 Å². The fourth-order valence-electron chi connectivity index (χ4n) is 3.10. The van der Waals surface area contributed by atoms with Crippen LogP contribution in [0.1, 0.15) is 5.69 Å². The number of benzene rings is 1. The maximum absolute atomic E-state index is 12.5. The maximum atomic E-state index is 12.5. The van der Waals surface area contributed by atoms with Gasteiger partial charge >= 0.3 is 0 Å². The van der Waals surface area contributed by atoms with Gasteiger partial charge in [0, 0.05) is 25.8 Å². The van der Waals surface area contributed by atoms with Crippen LogP contribution in [0.15, 0.2) is 91.4 Å². The summed E-state index contributed by atoms with van der Waals surface area (Å²) >= 11 is 0. The zero-order valence-electron chi connectivity index (χ0n) is 17.0. The predicted octanol–water partition coefficient (Wildman–Crippen LogP) is 3.10. The quantitative estimate of drug-likeness (QED) is 0.513. The zero-order chi connectivity index (χ0) is 21.2. The second kappa shape index (κ2) is 11.1. The molecule has 1 atom stereocenters. The molecule has 2 heterocycles. The lowest BCUT2D eigenvalue weighted by Crippen LogP contribution is -2.50. The van der Waals surface area contributed by atoms with E-state index in [0.717, 1.165) is 23.6 Å². The van der Waals surface area contributed by atoms with Crippen molar-refractivity contribution in [3.05, 3.63) is 97.1 Å². The van der Waals surface area contributed by atoms with Crippen LogP contribution in [-0.4, -0.2) is 48.1 Å². The summed E-state index contributed by atoms with van der Waals surface area (Å²) < 4.78 is 11.4. The van der Waals surface area contributed by atoms with Crippen molar-refractivity contribution >= 4 is 5.91 Å².